The molecule has 7 nitrogen and oxygen atoms in total. The van der Waals surface area contributed by atoms with Gasteiger partial charge in [0.1, 0.15) is 0 Å². The highest BCUT2D eigenvalue weighted by Crippen LogP contribution is 2.19. The van der Waals surface area contributed by atoms with Crippen molar-refractivity contribution in [3.63, 3.8) is 0 Å². The first-order chi connectivity index (χ1) is 15.6. The molecule has 1 aliphatic rings. The molecule has 4 rings (SSSR count). The third-order valence-electron chi connectivity index (χ3n) is 5.84. The summed E-state index contributed by atoms with van der Waals surface area (Å²) in [6.45, 7) is 6.25. The number of amides is 2. The van der Waals surface area contributed by atoms with Crippen LogP contribution in [0.1, 0.15) is 13.3 Å². The molecule has 1 fully saturated rings. The number of likely N-dealkylation sites (N-methyl/N-ethyl adjacent to an activating group) is 1. The molecule has 3 aromatic rings. The number of morpholine rings is 1. The number of aromatic nitrogens is 1. The summed E-state index contributed by atoms with van der Waals surface area (Å²) in [4.78, 5) is 29.1. The van der Waals surface area contributed by atoms with Gasteiger partial charge in [-0.25, -0.2) is 0 Å². The zero-order valence-electron chi connectivity index (χ0n) is 18.5. The number of nitrogens with one attached hydrogen (secondary N) is 1. The molecule has 2 amide bonds. The van der Waals surface area contributed by atoms with Gasteiger partial charge in [0.25, 0.3) is 0 Å². The summed E-state index contributed by atoms with van der Waals surface area (Å²) < 4.78 is 7.47. The predicted molar refractivity (Wildman–Crippen MR) is 127 cm³/mol. The number of aryl methyl sites for hydroxylation is 1. The van der Waals surface area contributed by atoms with E-state index in [0.717, 1.165) is 48.6 Å². The molecule has 0 atom stereocenters. The van der Waals surface area contributed by atoms with E-state index in [2.05, 4.69) is 33.0 Å². The Labute approximate surface area is 188 Å². The predicted octanol–water partition coefficient (Wildman–Crippen LogP) is 3.36. The van der Waals surface area contributed by atoms with Crippen LogP contribution in [0, 0.1) is 0 Å². The molecule has 1 saturated heterocycles. The maximum Gasteiger partial charge on any atom is 0.243 e. The van der Waals surface area contributed by atoms with Gasteiger partial charge in [-0.3, -0.25) is 9.59 Å². The van der Waals surface area contributed by atoms with E-state index in [4.69, 9.17) is 4.74 Å². The Hall–Kier alpha value is -3.32. The highest BCUT2D eigenvalue weighted by molar-refractivity contribution is 5.94. The fourth-order valence-corrected chi connectivity index (χ4v) is 4.04. The van der Waals surface area contributed by atoms with E-state index in [0.29, 0.717) is 19.5 Å². The number of hydrogen-bond acceptors (Lipinski definition) is 4. The molecular formula is C25H30N4O3. The Morgan fingerprint density at radius 3 is 2.53 bits per heavy atom. The minimum Gasteiger partial charge on any atom is -0.378 e. The van der Waals surface area contributed by atoms with Gasteiger partial charge in [-0.1, -0.05) is 18.2 Å². The molecule has 0 saturated carbocycles. The van der Waals surface area contributed by atoms with Crippen LogP contribution < -0.4 is 10.2 Å². The van der Waals surface area contributed by atoms with Gasteiger partial charge in [-0.2, -0.15) is 0 Å². The number of nitrogens with zero attached hydrogens (tertiary/aromatic N) is 3. The fraction of sp³-hybridized carbons (Fsp3) is 0.360. The quantitative estimate of drug-likeness (QED) is 0.590. The summed E-state index contributed by atoms with van der Waals surface area (Å²) in [5.74, 6) is -0.214. The van der Waals surface area contributed by atoms with E-state index < -0.39 is 0 Å². The molecule has 32 heavy (non-hydrogen) atoms. The van der Waals surface area contributed by atoms with Crippen LogP contribution in [0.4, 0.5) is 11.4 Å². The number of hydrogen-bond donors (Lipinski definition) is 1. The number of carbonyl (C=O) groups excluding carboxylic acids is 2. The van der Waals surface area contributed by atoms with Crippen molar-refractivity contribution in [2.24, 2.45) is 0 Å². The fourth-order valence-electron chi connectivity index (χ4n) is 4.04. The largest absolute Gasteiger partial charge is 0.378 e. The Morgan fingerprint density at radius 2 is 1.78 bits per heavy atom. The van der Waals surface area contributed by atoms with Crippen LogP contribution in [0.15, 0.2) is 60.8 Å². The van der Waals surface area contributed by atoms with Gasteiger partial charge >= 0.3 is 0 Å². The zero-order valence-corrected chi connectivity index (χ0v) is 18.5. The lowest BCUT2D eigenvalue weighted by Gasteiger charge is -2.29. The smallest absolute Gasteiger partial charge is 0.243 e. The number of para-hydroxylation sites is 1. The molecule has 2 aromatic carbocycles. The van der Waals surface area contributed by atoms with E-state index in [1.165, 1.54) is 0 Å². The van der Waals surface area contributed by atoms with Crippen molar-refractivity contribution in [3.05, 3.63) is 60.8 Å². The highest BCUT2D eigenvalue weighted by atomic mass is 16.5. The second-order valence-electron chi connectivity index (χ2n) is 7.92. The summed E-state index contributed by atoms with van der Waals surface area (Å²) in [6, 6.07) is 18.0. The molecule has 1 aliphatic heterocycles. The first kappa shape index (κ1) is 21.9. The molecule has 0 aliphatic carbocycles. The monoisotopic (exact) mass is 434 g/mol. The van der Waals surface area contributed by atoms with Crippen molar-refractivity contribution in [2.45, 2.75) is 19.9 Å². The van der Waals surface area contributed by atoms with Crippen molar-refractivity contribution in [1.29, 1.82) is 0 Å². The summed E-state index contributed by atoms with van der Waals surface area (Å²) in [6.07, 6.45) is 2.36. The normalized spacial score (nSPS) is 13.8. The number of fused-ring (bicyclic) bond motifs is 1. The van der Waals surface area contributed by atoms with Gasteiger partial charge < -0.3 is 24.4 Å². The summed E-state index contributed by atoms with van der Waals surface area (Å²) >= 11 is 0. The SMILES string of the molecule is CCN(CC(=O)Nc1ccc(N2CCOCC2)cc1)C(=O)CCn1ccc2ccccc21. The van der Waals surface area contributed by atoms with Crippen LogP contribution in [0.3, 0.4) is 0 Å². The lowest BCUT2D eigenvalue weighted by atomic mass is 10.2. The van der Waals surface area contributed by atoms with Gasteiger partial charge in [0, 0.05) is 55.7 Å². The van der Waals surface area contributed by atoms with Crippen LogP contribution in [0.5, 0.6) is 0 Å². The van der Waals surface area contributed by atoms with E-state index >= 15 is 0 Å². The molecule has 2 heterocycles. The van der Waals surface area contributed by atoms with E-state index in [9.17, 15) is 9.59 Å². The van der Waals surface area contributed by atoms with Gasteiger partial charge in [-0.05, 0) is 48.7 Å². The average Bonchev–Trinajstić information content (AvgIpc) is 3.25. The zero-order chi connectivity index (χ0) is 22.3. The molecule has 1 aromatic heterocycles. The van der Waals surface area contributed by atoms with E-state index in [-0.39, 0.29) is 18.4 Å². The minimum atomic E-state index is -0.189. The van der Waals surface area contributed by atoms with Crippen molar-refractivity contribution < 1.29 is 14.3 Å². The van der Waals surface area contributed by atoms with Gasteiger partial charge in [0.05, 0.1) is 19.8 Å². The van der Waals surface area contributed by atoms with E-state index in [1.807, 2.05) is 49.5 Å². The standard InChI is InChI=1S/C25H30N4O3/c1-2-27(25(31)12-14-29-13-11-20-5-3-4-6-23(20)29)19-24(30)26-21-7-9-22(10-8-21)28-15-17-32-18-16-28/h3-11,13H,2,12,14-19H2,1H3,(H,26,30). The van der Waals surface area contributed by atoms with Crippen molar-refractivity contribution in [1.82, 2.24) is 9.47 Å². The van der Waals surface area contributed by atoms with Crippen LogP contribution in [0.25, 0.3) is 10.9 Å². The first-order valence-corrected chi connectivity index (χ1v) is 11.2. The van der Waals surface area contributed by atoms with Crippen molar-refractivity contribution >= 4 is 34.1 Å². The third kappa shape index (κ3) is 5.29. The summed E-state index contributed by atoms with van der Waals surface area (Å²) in [5, 5.41) is 4.06. The number of rotatable bonds is 8. The topological polar surface area (TPSA) is 66.8 Å². The molecule has 0 spiro atoms. The average molecular weight is 435 g/mol. The van der Waals surface area contributed by atoms with Crippen molar-refractivity contribution in [2.75, 3.05) is 49.6 Å². The lowest BCUT2D eigenvalue weighted by molar-refractivity contribution is -0.134. The number of ether oxygens (including phenoxy) is 1. The second kappa shape index (κ2) is 10.3. The third-order valence-corrected chi connectivity index (χ3v) is 5.84. The maximum atomic E-state index is 12.7. The van der Waals surface area contributed by atoms with Crippen LogP contribution in [-0.2, 0) is 20.9 Å². The maximum absolute atomic E-state index is 12.7. The Bertz CT molecular complexity index is 1050. The summed E-state index contributed by atoms with van der Waals surface area (Å²) in [5.41, 5.74) is 2.96. The lowest BCUT2D eigenvalue weighted by Crippen LogP contribution is -2.38. The molecular weight excluding hydrogens is 404 g/mol. The molecule has 1 N–H and O–H groups in total. The number of carbonyl (C=O) groups is 2. The Morgan fingerprint density at radius 1 is 1.03 bits per heavy atom. The first-order valence-electron chi connectivity index (χ1n) is 11.2. The van der Waals surface area contributed by atoms with E-state index in [1.54, 1.807) is 4.90 Å². The summed E-state index contributed by atoms with van der Waals surface area (Å²) in [7, 11) is 0. The highest BCUT2D eigenvalue weighted by Gasteiger charge is 2.16. The molecule has 168 valence electrons. The van der Waals surface area contributed by atoms with Gasteiger partial charge in [0.15, 0.2) is 0 Å². The second-order valence-corrected chi connectivity index (χ2v) is 7.92. The van der Waals surface area contributed by atoms with Crippen LogP contribution in [-0.4, -0.2) is 60.7 Å². The van der Waals surface area contributed by atoms with Crippen LogP contribution in [0.2, 0.25) is 0 Å². The Balaban J connectivity index is 1.28. The molecule has 7 heteroatoms. The van der Waals surface area contributed by atoms with Crippen molar-refractivity contribution in [3.8, 4) is 0 Å². The van der Waals surface area contributed by atoms with Gasteiger partial charge in [0.2, 0.25) is 11.8 Å². The minimum absolute atomic E-state index is 0.0249. The van der Waals surface area contributed by atoms with Crippen LogP contribution >= 0.6 is 0 Å². The molecule has 0 bridgehead atoms. The molecule has 0 unspecified atom stereocenters. The Kier molecular flexibility index (Phi) is 7.07. The molecule has 0 radical (unpaired) electrons. The number of benzene rings is 2. The van der Waals surface area contributed by atoms with Gasteiger partial charge in [-0.15, -0.1) is 0 Å². The number of anilines is 2.